The number of rotatable bonds is 5. The van der Waals surface area contributed by atoms with Gasteiger partial charge in [-0.2, -0.15) is 0 Å². The molecule has 2 aromatic rings. The van der Waals surface area contributed by atoms with Crippen LogP contribution in [0.1, 0.15) is 18.1 Å². The Hall–Kier alpha value is -2.40. The lowest BCUT2D eigenvalue weighted by Crippen LogP contribution is -2.53. The van der Waals surface area contributed by atoms with Crippen LogP contribution in [0.5, 0.6) is 0 Å². The first-order valence-corrected chi connectivity index (χ1v) is 7.30. The minimum atomic E-state index is -1.39. The van der Waals surface area contributed by atoms with Crippen LogP contribution in [0.25, 0.3) is 0 Å². The Kier molecular flexibility index (Phi) is 5.01. The Labute approximate surface area is 138 Å². The van der Waals surface area contributed by atoms with E-state index in [0.717, 1.165) is 0 Å². The Bertz CT molecular complexity index is 734. The molecule has 120 valence electrons. The number of halogens is 2. The lowest BCUT2D eigenvalue weighted by molar-refractivity contribution is -0.131. The molecule has 0 aliphatic heterocycles. The van der Waals surface area contributed by atoms with Crippen molar-refractivity contribution in [3.8, 4) is 0 Å². The normalized spacial score (nSPS) is 13.2. The van der Waals surface area contributed by atoms with Gasteiger partial charge >= 0.3 is 0 Å². The SMILES string of the molecule is CC(NC(=O)Cc1ccc(F)cc1)(C(N)=O)c1cccc(Cl)c1. The Morgan fingerprint density at radius 1 is 1.22 bits per heavy atom. The second-order valence-corrected chi connectivity index (χ2v) is 5.79. The minimum Gasteiger partial charge on any atom is -0.367 e. The van der Waals surface area contributed by atoms with Gasteiger partial charge < -0.3 is 11.1 Å². The Balaban J connectivity index is 2.20. The predicted octanol–water partition coefficient (Wildman–Crippen LogP) is 2.54. The summed E-state index contributed by atoms with van der Waals surface area (Å²) in [6.45, 7) is 1.52. The van der Waals surface area contributed by atoms with E-state index in [0.29, 0.717) is 16.1 Å². The highest BCUT2D eigenvalue weighted by atomic mass is 35.5. The smallest absolute Gasteiger partial charge is 0.247 e. The van der Waals surface area contributed by atoms with Gasteiger partial charge in [-0.1, -0.05) is 35.9 Å². The third-order valence-electron chi connectivity index (χ3n) is 3.56. The number of benzene rings is 2. The molecule has 23 heavy (non-hydrogen) atoms. The molecular formula is C17H16ClFN2O2. The topological polar surface area (TPSA) is 72.2 Å². The molecule has 0 saturated carbocycles. The first kappa shape index (κ1) is 17.0. The van der Waals surface area contributed by atoms with Crippen LogP contribution in [0, 0.1) is 5.82 Å². The maximum Gasteiger partial charge on any atom is 0.247 e. The van der Waals surface area contributed by atoms with E-state index in [4.69, 9.17) is 17.3 Å². The van der Waals surface area contributed by atoms with Crippen LogP contribution in [-0.2, 0) is 21.5 Å². The summed E-state index contributed by atoms with van der Waals surface area (Å²) in [5.41, 5.74) is 5.20. The molecule has 0 aromatic heterocycles. The van der Waals surface area contributed by atoms with Crippen LogP contribution >= 0.6 is 11.6 Å². The predicted molar refractivity (Wildman–Crippen MR) is 86.2 cm³/mol. The number of hydrogen-bond acceptors (Lipinski definition) is 2. The summed E-state index contributed by atoms with van der Waals surface area (Å²) in [5.74, 6) is -1.49. The van der Waals surface area contributed by atoms with E-state index >= 15 is 0 Å². The third-order valence-corrected chi connectivity index (χ3v) is 3.80. The summed E-state index contributed by atoms with van der Waals surface area (Å²) in [5, 5.41) is 3.07. The van der Waals surface area contributed by atoms with Gasteiger partial charge in [0.2, 0.25) is 11.8 Å². The van der Waals surface area contributed by atoms with Crippen molar-refractivity contribution in [3.63, 3.8) is 0 Å². The van der Waals surface area contributed by atoms with Crippen molar-refractivity contribution < 1.29 is 14.0 Å². The Morgan fingerprint density at radius 2 is 1.87 bits per heavy atom. The maximum atomic E-state index is 12.9. The van der Waals surface area contributed by atoms with Gasteiger partial charge in [0.1, 0.15) is 11.4 Å². The molecule has 0 heterocycles. The lowest BCUT2D eigenvalue weighted by atomic mass is 9.91. The highest BCUT2D eigenvalue weighted by Crippen LogP contribution is 2.23. The first-order chi connectivity index (χ1) is 10.8. The summed E-state index contributed by atoms with van der Waals surface area (Å²) in [7, 11) is 0. The van der Waals surface area contributed by atoms with Crippen molar-refractivity contribution in [2.24, 2.45) is 5.73 Å². The van der Waals surface area contributed by atoms with Gasteiger partial charge in [-0.25, -0.2) is 4.39 Å². The van der Waals surface area contributed by atoms with Crippen molar-refractivity contribution in [1.29, 1.82) is 0 Å². The van der Waals surface area contributed by atoms with Crippen LogP contribution < -0.4 is 11.1 Å². The van der Waals surface area contributed by atoms with Gasteiger partial charge in [-0.3, -0.25) is 9.59 Å². The average Bonchev–Trinajstić information content (AvgIpc) is 2.49. The van der Waals surface area contributed by atoms with Gasteiger partial charge in [0.05, 0.1) is 6.42 Å². The summed E-state index contributed by atoms with van der Waals surface area (Å²) in [4.78, 5) is 24.1. The fraction of sp³-hybridized carbons (Fsp3) is 0.176. The van der Waals surface area contributed by atoms with E-state index in [2.05, 4.69) is 5.32 Å². The number of nitrogens with one attached hydrogen (secondary N) is 1. The van der Waals surface area contributed by atoms with Crippen molar-refractivity contribution in [2.75, 3.05) is 0 Å². The van der Waals surface area contributed by atoms with Crippen LogP contribution in [0.15, 0.2) is 48.5 Å². The van der Waals surface area contributed by atoms with E-state index < -0.39 is 17.4 Å². The van der Waals surface area contributed by atoms with Gasteiger partial charge in [0.25, 0.3) is 0 Å². The molecule has 1 unspecified atom stereocenters. The number of nitrogens with two attached hydrogens (primary N) is 1. The molecule has 0 aliphatic rings. The molecule has 0 aliphatic carbocycles. The molecule has 6 heteroatoms. The highest BCUT2D eigenvalue weighted by Gasteiger charge is 2.35. The van der Waals surface area contributed by atoms with Gasteiger partial charge in [0.15, 0.2) is 0 Å². The molecule has 2 rings (SSSR count). The van der Waals surface area contributed by atoms with E-state index in [1.165, 1.54) is 31.2 Å². The quantitative estimate of drug-likeness (QED) is 0.882. The lowest BCUT2D eigenvalue weighted by Gasteiger charge is -2.28. The van der Waals surface area contributed by atoms with Crippen LogP contribution in [-0.4, -0.2) is 11.8 Å². The summed E-state index contributed by atoms with van der Waals surface area (Å²) >= 11 is 5.94. The second kappa shape index (κ2) is 6.79. The van der Waals surface area contributed by atoms with Crippen LogP contribution in [0.2, 0.25) is 5.02 Å². The van der Waals surface area contributed by atoms with E-state index in [1.807, 2.05) is 0 Å². The minimum absolute atomic E-state index is 0.00369. The molecule has 4 nitrogen and oxygen atoms in total. The number of carbonyl (C=O) groups excluding carboxylic acids is 2. The number of carbonyl (C=O) groups is 2. The van der Waals surface area contributed by atoms with Gasteiger partial charge in [-0.15, -0.1) is 0 Å². The maximum absolute atomic E-state index is 12.9. The fourth-order valence-electron chi connectivity index (χ4n) is 2.19. The molecule has 0 saturated heterocycles. The third kappa shape index (κ3) is 4.07. The monoisotopic (exact) mass is 334 g/mol. The zero-order chi connectivity index (χ0) is 17.0. The van der Waals surface area contributed by atoms with E-state index in [1.54, 1.807) is 24.3 Å². The number of hydrogen-bond donors (Lipinski definition) is 2. The van der Waals surface area contributed by atoms with Crippen molar-refractivity contribution in [1.82, 2.24) is 5.32 Å². The first-order valence-electron chi connectivity index (χ1n) is 6.92. The average molecular weight is 335 g/mol. The molecule has 0 spiro atoms. The van der Waals surface area contributed by atoms with Crippen molar-refractivity contribution in [2.45, 2.75) is 18.9 Å². The van der Waals surface area contributed by atoms with E-state index in [9.17, 15) is 14.0 Å². The molecule has 0 bridgehead atoms. The van der Waals surface area contributed by atoms with Crippen LogP contribution in [0.4, 0.5) is 4.39 Å². The molecular weight excluding hydrogens is 319 g/mol. The second-order valence-electron chi connectivity index (χ2n) is 5.35. The van der Waals surface area contributed by atoms with Gasteiger partial charge in [0, 0.05) is 5.02 Å². The summed E-state index contributed by atoms with van der Waals surface area (Å²) in [6.07, 6.45) is 0.00369. The molecule has 0 fully saturated rings. The van der Waals surface area contributed by atoms with Crippen molar-refractivity contribution >= 4 is 23.4 Å². The highest BCUT2D eigenvalue weighted by molar-refractivity contribution is 6.30. The van der Waals surface area contributed by atoms with Gasteiger partial charge in [-0.05, 0) is 42.3 Å². The zero-order valence-corrected chi connectivity index (χ0v) is 13.2. The zero-order valence-electron chi connectivity index (χ0n) is 12.5. The molecule has 0 radical (unpaired) electrons. The molecule has 2 aromatic carbocycles. The summed E-state index contributed by atoms with van der Waals surface area (Å²) in [6, 6.07) is 12.1. The van der Waals surface area contributed by atoms with E-state index in [-0.39, 0.29) is 12.2 Å². The Morgan fingerprint density at radius 3 is 2.43 bits per heavy atom. The fourth-order valence-corrected chi connectivity index (χ4v) is 2.38. The molecule has 3 N–H and O–H groups in total. The number of amides is 2. The largest absolute Gasteiger partial charge is 0.367 e. The standard InChI is InChI=1S/C17H16ClFN2O2/c1-17(16(20)23,12-3-2-4-13(18)10-12)21-15(22)9-11-5-7-14(19)8-6-11/h2-8,10H,9H2,1H3,(H2,20,23)(H,21,22). The van der Waals surface area contributed by atoms with Crippen LogP contribution in [0.3, 0.4) is 0 Å². The molecule has 1 atom stereocenters. The summed E-state index contributed by atoms with van der Waals surface area (Å²) < 4.78 is 12.9. The number of primary amides is 1. The molecule has 2 amide bonds. The van der Waals surface area contributed by atoms with Crippen molar-refractivity contribution in [3.05, 3.63) is 70.5 Å².